The Bertz CT molecular complexity index is 371. The predicted octanol–water partition coefficient (Wildman–Crippen LogP) is 2.10. The zero-order chi connectivity index (χ0) is 10.1. The third-order valence-corrected chi connectivity index (χ3v) is 2.86. The van der Waals surface area contributed by atoms with Gasteiger partial charge >= 0.3 is 0 Å². The van der Waals surface area contributed by atoms with Crippen LogP contribution in [0.4, 0.5) is 0 Å². The van der Waals surface area contributed by atoms with E-state index in [9.17, 15) is 4.79 Å². The molecule has 1 atom stereocenters. The molecule has 1 aliphatic rings. The van der Waals surface area contributed by atoms with Crippen LogP contribution in [0.2, 0.25) is 0 Å². The highest BCUT2D eigenvalue weighted by Crippen LogP contribution is 2.23. The summed E-state index contributed by atoms with van der Waals surface area (Å²) in [5.74, 6) is 0.152. The summed E-state index contributed by atoms with van der Waals surface area (Å²) in [5, 5.41) is 3.40. The minimum Gasteiger partial charge on any atom is -0.310 e. The van der Waals surface area contributed by atoms with Crippen LogP contribution in [0.25, 0.3) is 0 Å². The summed E-state index contributed by atoms with van der Waals surface area (Å²) < 4.78 is 0. The lowest BCUT2D eigenvalue weighted by Gasteiger charge is -2.24. The molecule has 2 nitrogen and oxygen atoms in total. The smallest absolute Gasteiger partial charge is 0.159 e. The first-order chi connectivity index (χ1) is 6.68. The molecule has 1 heterocycles. The van der Waals surface area contributed by atoms with Crippen LogP contribution in [-0.2, 0) is 6.42 Å². The topological polar surface area (TPSA) is 29.1 Å². The van der Waals surface area contributed by atoms with Gasteiger partial charge in [-0.05, 0) is 44.0 Å². The molecule has 1 aromatic rings. The number of carbonyl (C=O) groups is 1. The van der Waals surface area contributed by atoms with Gasteiger partial charge in [0.05, 0.1) is 0 Å². The highest BCUT2D eigenvalue weighted by Gasteiger charge is 2.16. The first kappa shape index (κ1) is 9.41. The molecule has 0 amide bonds. The molecule has 0 radical (unpaired) electrons. The third kappa shape index (κ3) is 1.58. The van der Waals surface area contributed by atoms with Gasteiger partial charge in [0.2, 0.25) is 0 Å². The molecule has 0 saturated heterocycles. The Hall–Kier alpha value is -1.15. The number of benzene rings is 1. The minimum atomic E-state index is 0.152. The summed E-state index contributed by atoms with van der Waals surface area (Å²) in [4.78, 5) is 11.2. The van der Waals surface area contributed by atoms with Crippen LogP contribution >= 0.6 is 0 Å². The number of hydrogen-bond acceptors (Lipinski definition) is 2. The van der Waals surface area contributed by atoms with E-state index >= 15 is 0 Å². The van der Waals surface area contributed by atoms with Crippen molar-refractivity contribution in [3.8, 4) is 0 Å². The van der Waals surface area contributed by atoms with Gasteiger partial charge in [-0.1, -0.05) is 12.1 Å². The van der Waals surface area contributed by atoms with E-state index in [0.717, 1.165) is 18.5 Å². The Balaban J connectivity index is 2.44. The van der Waals surface area contributed by atoms with Gasteiger partial charge < -0.3 is 5.32 Å². The Labute approximate surface area is 84.3 Å². The van der Waals surface area contributed by atoms with Crippen molar-refractivity contribution in [3.05, 3.63) is 34.9 Å². The molecule has 0 saturated carbocycles. The molecule has 1 aliphatic heterocycles. The summed E-state index contributed by atoms with van der Waals surface area (Å²) in [6, 6.07) is 6.45. The molecule has 14 heavy (non-hydrogen) atoms. The number of hydrogen-bond donors (Lipinski definition) is 1. The number of Topliss-reactive ketones (excluding diaryl/α,β-unsaturated/α-hetero) is 1. The van der Waals surface area contributed by atoms with E-state index in [1.54, 1.807) is 6.92 Å². The zero-order valence-electron chi connectivity index (χ0n) is 8.63. The molecular formula is C12H15NO. The van der Waals surface area contributed by atoms with Crippen LogP contribution in [0.15, 0.2) is 18.2 Å². The van der Waals surface area contributed by atoms with E-state index in [1.165, 1.54) is 11.1 Å². The fraction of sp³-hybridized carbons (Fsp3) is 0.417. The number of carbonyl (C=O) groups excluding carboxylic acids is 1. The summed E-state index contributed by atoms with van der Waals surface area (Å²) in [7, 11) is 0. The van der Waals surface area contributed by atoms with Gasteiger partial charge in [-0.3, -0.25) is 4.79 Å². The molecule has 2 rings (SSSR count). The second-order valence-corrected chi connectivity index (χ2v) is 3.90. The Morgan fingerprint density at radius 2 is 2.29 bits per heavy atom. The van der Waals surface area contributed by atoms with Crippen molar-refractivity contribution < 1.29 is 4.79 Å². The van der Waals surface area contributed by atoms with Crippen LogP contribution in [0, 0.1) is 0 Å². The highest BCUT2D eigenvalue weighted by molar-refractivity contribution is 5.94. The van der Waals surface area contributed by atoms with E-state index in [1.807, 2.05) is 12.1 Å². The molecule has 2 heteroatoms. The van der Waals surface area contributed by atoms with Gasteiger partial charge in [-0.2, -0.15) is 0 Å². The van der Waals surface area contributed by atoms with Crippen molar-refractivity contribution in [2.24, 2.45) is 0 Å². The van der Waals surface area contributed by atoms with E-state index in [2.05, 4.69) is 18.3 Å². The molecule has 74 valence electrons. The summed E-state index contributed by atoms with van der Waals surface area (Å²) >= 11 is 0. The average Bonchev–Trinajstić information content (AvgIpc) is 2.17. The lowest BCUT2D eigenvalue weighted by Crippen LogP contribution is -2.27. The van der Waals surface area contributed by atoms with E-state index in [0.29, 0.717) is 6.04 Å². The van der Waals surface area contributed by atoms with Crippen molar-refractivity contribution in [1.82, 2.24) is 5.32 Å². The summed E-state index contributed by atoms with van der Waals surface area (Å²) in [6.07, 6.45) is 1.03. The van der Waals surface area contributed by atoms with Crippen LogP contribution < -0.4 is 5.32 Å². The zero-order valence-corrected chi connectivity index (χ0v) is 8.63. The highest BCUT2D eigenvalue weighted by atomic mass is 16.1. The maximum absolute atomic E-state index is 11.2. The lowest BCUT2D eigenvalue weighted by molar-refractivity contribution is 0.101. The molecule has 0 fully saturated rings. The number of rotatable bonds is 1. The SMILES string of the molecule is CC(=O)c1ccc2c(c1)CCNC2C. The fourth-order valence-electron chi connectivity index (χ4n) is 2.00. The predicted molar refractivity (Wildman–Crippen MR) is 56.6 cm³/mol. The largest absolute Gasteiger partial charge is 0.310 e. The Morgan fingerprint density at radius 1 is 1.50 bits per heavy atom. The van der Waals surface area contributed by atoms with Crippen LogP contribution in [0.3, 0.4) is 0 Å². The molecule has 0 aromatic heterocycles. The monoisotopic (exact) mass is 189 g/mol. The second-order valence-electron chi connectivity index (χ2n) is 3.90. The van der Waals surface area contributed by atoms with Gasteiger partial charge in [-0.15, -0.1) is 0 Å². The first-order valence-electron chi connectivity index (χ1n) is 5.05. The quantitative estimate of drug-likeness (QED) is 0.685. The normalized spacial score (nSPS) is 20.3. The number of nitrogens with one attached hydrogen (secondary N) is 1. The number of ketones is 1. The van der Waals surface area contributed by atoms with E-state index < -0.39 is 0 Å². The van der Waals surface area contributed by atoms with Gasteiger partial charge in [0.1, 0.15) is 0 Å². The molecule has 1 N–H and O–H groups in total. The van der Waals surface area contributed by atoms with Crippen molar-refractivity contribution >= 4 is 5.78 Å². The molecule has 0 spiro atoms. The van der Waals surface area contributed by atoms with Crippen LogP contribution in [0.1, 0.15) is 41.4 Å². The minimum absolute atomic E-state index is 0.152. The second kappa shape index (κ2) is 3.54. The van der Waals surface area contributed by atoms with E-state index in [4.69, 9.17) is 0 Å². The van der Waals surface area contributed by atoms with Crippen molar-refractivity contribution in [2.45, 2.75) is 26.3 Å². The fourth-order valence-corrected chi connectivity index (χ4v) is 2.00. The van der Waals surface area contributed by atoms with Crippen LogP contribution in [0.5, 0.6) is 0 Å². The maximum Gasteiger partial charge on any atom is 0.159 e. The van der Waals surface area contributed by atoms with Gasteiger partial charge in [-0.25, -0.2) is 0 Å². The first-order valence-corrected chi connectivity index (χ1v) is 5.05. The van der Waals surface area contributed by atoms with Gasteiger partial charge in [0.15, 0.2) is 5.78 Å². The van der Waals surface area contributed by atoms with E-state index in [-0.39, 0.29) is 5.78 Å². The van der Waals surface area contributed by atoms with Crippen LogP contribution in [-0.4, -0.2) is 12.3 Å². The maximum atomic E-state index is 11.2. The number of fused-ring (bicyclic) bond motifs is 1. The summed E-state index contributed by atoms with van der Waals surface area (Å²) in [6.45, 7) is 4.78. The standard InChI is InChI=1S/C12H15NO/c1-8-12-4-3-10(9(2)14)7-11(12)5-6-13-8/h3-4,7-8,13H,5-6H2,1-2H3. The van der Waals surface area contributed by atoms with Crippen molar-refractivity contribution in [2.75, 3.05) is 6.54 Å². The third-order valence-electron chi connectivity index (χ3n) is 2.86. The average molecular weight is 189 g/mol. The lowest BCUT2D eigenvalue weighted by atomic mass is 9.93. The Morgan fingerprint density at radius 3 is 3.00 bits per heavy atom. The van der Waals surface area contributed by atoms with Gasteiger partial charge in [0, 0.05) is 11.6 Å². The van der Waals surface area contributed by atoms with Gasteiger partial charge in [0.25, 0.3) is 0 Å². The molecule has 0 bridgehead atoms. The van der Waals surface area contributed by atoms with Crippen molar-refractivity contribution in [3.63, 3.8) is 0 Å². The molecule has 1 unspecified atom stereocenters. The molecule has 0 aliphatic carbocycles. The molecular weight excluding hydrogens is 174 g/mol. The Kier molecular flexibility index (Phi) is 2.38. The van der Waals surface area contributed by atoms with Crippen molar-refractivity contribution in [1.29, 1.82) is 0 Å². The molecule has 1 aromatic carbocycles. The summed E-state index contributed by atoms with van der Waals surface area (Å²) in [5.41, 5.74) is 3.49.